The molecule has 0 aliphatic rings. The van der Waals surface area contributed by atoms with E-state index in [4.69, 9.17) is 9.47 Å². The van der Waals surface area contributed by atoms with Crippen LogP contribution >= 0.6 is 11.8 Å². The van der Waals surface area contributed by atoms with Crippen LogP contribution in [0.3, 0.4) is 0 Å². The summed E-state index contributed by atoms with van der Waals surface area (Å²) in [4.78, 5) is 13.4. The molecule has 0 fully saturated rings. The highest BCUT2D eigenvalue weighted by molar-refractivity contribution is 8.00. The van der Waals surface area contributed by atoms with Crippen molar-refractivity contribution in [3.8, 4) is 11.5 Å². The number of carbonyl (C=O) groups excluding carboxylic acids is 1. The summed E-state index contributed by atoms with van der Waals surface area (Å²) in [6, 6.07) is 13.6. The van der Waals surface area contributed by atoms with Crippen LogP contribution in [0.2, 0.25) is 0 Å². The van der Waals surface area contributed by atoms with Gasteiger partial charge in [0.05, 0.1) is 19.5 Å². The van der Waals surface area contributed by atoms with E-state index in [-0.39, 0.29) is 11.2 Å². The lowest BCUT2D eigenvalue weighted by Gasteiger charge is -2.14. The number of benzene rings is 2. The van der Waals surface area contributed by atoms with Gasteiger partial charge in [-0.2, -0.15) is 0 Å². The number of rotatable bonds is 7. The van der Waals surface area contributed by atoms with Crippen molar-refractivity contribution in [2.24, 2.45) is 0 Å². The third kappa shape index (κ3) is 5.16. The van der Waals surface area contributed by atoms with Gasteiger partial charge in [-0.3, -0.25) is 4.79 Å². The quantitative estimate of drug-likeness (QED) is 0.711. The van der Waals surface area contributed by atoms with E-state index < -0.39 is 0 Å². The van der Waals surface area contributed by atoms with Crippen molar-refractivity contribution < 1.29 is 14.3 Å². The van der Waals surface area contributed by atoms with Crippen LogP contribution in [0.5, 0.6) is 11.5 Å². The van der Waals surface area contributed by atoms with E-state index in [1.54, 1.807) is 14.2 Å². The van der Waals surface area contributed by atoms with Crippen molar-refractivity contribution in [2.75, 3.05) is 19.5 Å². The molecule has 134 valence electrons. The summed E-state index contributed by atoms with van der Waals surface area (Å²) in [5.41, 5.74) is 2.07. The number of carbonyl (C=O) groups is 1. The second-order valence-electron chi connectivity index (χ2n) is 6.04. The Labute approximate surface area is 153 Å². The number of anilines is 1. The normalized spacial score (nSPS) is 11.9. The minimum Gasteiger partial charge on any atom is -0.493 e. The lowest BCUT2D eigenvalue weighted by molar-refractivity contribution is -0.115. The van der Waals surface area contributed by atoms with Crippen LogP contribution in [0.4, 0.5) is 5.69 Å². The van der Waals surface area contributed by atoms with Gasteiger partial charge in [-0.1, -0.05) is 26.0 Å². The Balaban J connectivity index is 2.00. The average Bonchev–Trinajstić information content (AvgIpc) is 2.61. The topological polar surface area (TPSA) is 47.6 Å². The van der Waals surface area contributed by atoms with Crippen LogP contribution < -0.4 is 14.8 Å². The summed E-state index contributed by atoms with van der Waals surface area (Å²) >= 11 is 1.48. The summed E-state index contributed by atoms with van der Waals surface area (Å²) in [5, 5.41) is 2.73. The number of thioether (sulfide) groups is 1. The zero-order chi connectivity index (χ0) is 18.4. The maximum atomic E-state index is 12.4. The minimum absolute atomic E-state index is 0.0305. The van der Waals surface area contributed by atoms with E-state index in [1.807, 2.05) is 49.4 Å². The number of amides is 1. The van der Waals surface area contributed by atoms with Crippen molar-refractivity contribution in [1.82, 2.24) is 0 Å². The van der Waals surface area contributed by atoms with Gasteiger partial charge in [-0.25, -0.2) is 0 Å². The lowest BCUT2D eigenvalue weighted by atomic mass is 10.0. The fourth-order valence-electron chi connectivity index (χ4n) is 2.34. The monoisotopic (exact) mass is 359 g/mol. The fourth-order valence-corrected chi connectivity index (χ4v) is 3.24. The molecule has 1 N–H and O–H groups in total. The molecule has 4 nitrogen and oxygen atoms in total. The first-order valence-corrected chi connectivity index (χ1v) is 9.12. The van der Waals surface area contributed by atoms with Gasteiger partial charge >= 0.3 is 0 Å². The maximum absolute atomic E-state index is 12.4. The van der Waals surface area contributed by atoms with E-state index >= 15 is 0 Å². The fraction of sp³-hybridized carbons (Fsp3) is 0.350. The molecule has 0 bridgehead atoms. The Hall–Kier alpha value is -2.14. The van der Waals surface area contributed by atoms with E-state index in [2.05, 4.69) is 19.2 Å². The lowest BCUT2D eigenvalue weighted by Crippen LogP contribution is -2.22. The van der Waals surface area contributed by atoms with E-state index in [1.165, 1.54) is 17.3 Å². The standard InChI is InChI=1S/C20H25NO3S/c1-13(2)15-6-8-16(9-7-15)21-20(22)14(3)25-17-10-11-18(23-4)19(12-17)24-5/h6-14H,1-5H3,(H,21,22)/t14-/m0/s1. The molecule has 0 radical (unpaired) electrons. The molecule has 1 amide bonds. The Morgan fingerprint density at radius 2 is 1.60 bits per heavy atom. The molecule has 0 aliphatic carbocycles. The summed E-state index contributed by atoms with van der Waals surface area (Å²) < 4.78 is 10.5. The molecule has 0 aromatic heterocycles. The van der Waals surface area contributed by atoms with Crippen molar-refractivity contribution >= 4 is 23.4 Å². The molecule has 5 heteroatoms. The molecular weight excluding hydrogens is 334 g/mol. The van der Waals surface area contributed by atoms with Crippen molar-refractivity contribution in [1.29, 1.82) is 0 Å². The van der Waals surface area contributed by atoms with Crippen LogP contribution in [0.1, 0.15) is 32.3 Å². The summed E-state index contributed by atoms with van der Waals surface area (Å²) in [6.07, 6.45) is 0. The minimum atomic E-state index is -0.233. The zero-order valence-corrected chi connectivity index (χ0v) is 16.1. The third-order valence-corrected chi connectivity index (χ3v) is 4.98. The summed E-state index contributed by atoms with van der Waals surface area (Å²) in [6.45, 7) is 6.18. The molecule has 0 spiro atoms. The van der Waals surface area contributed by atoms with Gasteiger partial charge in [-0.15, -0.1) is 11.8 Å². The van der Waals surface area contributed by atoms with E-state index in [9.17, 15) is 4.79 Å². The largest absolute Gasteiger partial charge is 0.493 e. The van der Waals surface area contributed by atoms with Gasteiger partial charge < -0.3 is 14.8 Å². The number of hydrogen-bond acceptors (Lipinski definition) is 4. The van der Waals surface area contributed by atoms with Gasteiger partial charge in [-0.05, 0) is 48.7 Å². The first kappa shape index (κ1) is 19.2. The van der Waals surface area contributed by atoms with Gasteiger partial charge in [0.25, 0.3) is 0 Å². The van der Waals surface area contributed by atoms with Crippen LogP contribution in [0.25, 0.3) is 0 Å². The number of methoxy groups -OCH3 is 2. The maximum Gasteiger partial charge on any atom is 0.237 e. The van der Waals surface area contributed by atoms with Crippen molar-refractivity contribution in [2.45, 2.75) is 36.8 Å². The molecule has 2 aromatic carbocycles. The molecule has 0 heterocycles. The zero-order valence-electron chi connectivity index (χ0n) is 15.3. The molecule has 0 saturated heterocycles. The first-order chi connectivity index (χ1) is 11.9. The molecule has 0 unspecified atom stereocenters. The van der Waals surface area contributed by atoms with Crippen LogP contribution in [-0.2, 0) is 4.79 Å². The molecular formula is C20H25NO3S. The Kier molecular flexibility index (Phi) is 6.76. The predicted molar refractivity (Wildman–Crippen MR) is 104 cm³/mol. The van der Waals surface area contributed by atoms with Gasteiger partial charge in [0, 0.05) is 10.6 Å². The smallest absolute Gasteiger partial charge is 0.237 e. The average molecular weight is 359 g/mol. The molecule has 25 heavy (non-hydrogen) atoms. The second-order valence-corrected chi connectivity index (χ2v) is 7.46. The highest BCUT2D eigenvalue weighted by atomic mass is 32.2. The molecule has 0 aliphatic heterocycles. The van der Waals surface area contributed by atoms with Crippen LogP contribution in [0, 0.1) is 0 Å². The summed E-state index contributed by atoms with van der Waals surface area (Å²) in [7, 11) is 3.20. The van der Waals surface area contributed by atoms with Gasteiger partial charge in [0.2, 0.25) is 5.91 Å². The van der Waals surface area contributed by atoms with Gasteiger partial charge in [0.15, 0.2) is 11.5 Å². The van der Waals surface area contributed by atoms with Crippen LogP contribution in [-0.4, -0.2) is 25.4 Å². The Morgan fingerprint density at radius 3 is 2.16 bits per heavy atom. The van der Waals surface area contributed by atoms with Crippen molar-refractivity contribution in [3.05, 3.63) is 48.0 Å². The Bertz CT molecular complexity index is 713. The molecule has 2 rings (SSSR count). The highest BCUT2D eigenvalue weighted by Crippen LogP contribution is 2.33. The number of nitrogens with one attached hydrogen (secondary N) is 1. The van der Waals surface area contributed by atoms with E-state index in [0.717, 1.165) is 10.6 Å². The third-order valence-electron chi connectivity index (χ3n) is 3.88. The molecule has 1 atom stereocenters. The molecule has 0 saturated carbocycles. The van der Waals surface area contributed by atoms with Crippen LogP contribution in [0.15, 0.2) is 47.4 Å². The van der Waals surface area contributed by atoms with E-state index in [0.29, 0.717) is 17.4 Å². The van der Waals surface area contributed by atoms with Gasteiger partial charge in [0.1, 0.15) is 0 Å². The first-order valence-electron chi connectivity index (χ1n) is 8.24. The number of hydrogen-bond donors (Lipinski definition) is 1. The molecule has 2 aromatic rings. The Morgan fingerprint density at radius 1 is 0.960 bits per heavy atom. The second kappa shape index (κ2) is 8.81. The SMILES string of the molecule is COc1ccc(S[C@@H](C)C(=O)Nc2ccc(C(C)C)cc2)cc1OC. The summed E-state index contributed by atoms with van der Waals surface area (Å²) in [5.74, 6) is 1.78. The van der Waals surface area contributed by atoms with Crippen molar-refractivity contribution in [3.63, 3.8) is 0 Å². The number of ether oxygens (including phenoxy) is 2. The highest BCUT2D eigenvalue weighted by Gasteiger charge is 2.16. The predicted octanol–water partition coefficient (Wildman–Crippen LogP) is 4.95.